The summed E-state index contributed by atoms with van der Waals surface area (Å²) in [5.74, 6) is 0.504. The van der Waals surface area contributed by atoms with Gasteiger partial charge >= 0.3 is 0 Å². The summed E-state index contributed by atoms with van der Waals surface area (Å²) in [7, 11) is 0. The van der Waals surface area contributed by atoms with Gasteiger partial charge in [-0.3, -0.25) is 9.36 Å². The first-order valence-electron chi connectivity index (χ1n) is 14.1. The summed E-state index contributed by atoms with van der Waals surface area (Å²) >= 11 is 13.6. The van der Waals surface area contributed by atoms with Crippen molar-refractivity contribution in [2.75, 3.05) is 0 Å². The van der Waals surface area contributed by atoms with Crippen molar-refractivity contribution in [3.63, 3.8) is 0 Å². The zero-order chi connectivity index (χ0) is 32.2. The van der Waals surface area contributed by atoms with Crippen LogP contribution in [0.1, 0.15) is 28.2 Å². The maximum Gasteiger partial charge on any atom is 0.274 e. The lowest BCUT2D eigenvalue weighted by Crippen LogP contribution is -2.38. The number of nitrogens with zero attached hydrogens (tertiary/aromatic N) is 3. The summed E-state index contributed by atoms with van der Waals surface area (Å²) in [5, 5.41) is 21.7. The quantitative estimate of drug-likeness (QED) is 0.208. The van der Waals surface area contributed by atoms with Gasteiger partial charge in [-0.05, 0) is 53.6 Å². The molecule has 0 radical (unpaired) electrons. The molecule has 226 valence electrons. The van der Waals surface area contributed by atoms with E-state index in [2.05, 4.69) is 12.1 Å². The zero-order valence-electron chi connectivity index (χ0n) is 24.1. The molecule has 1 atom stereocenters. The lowest BCUT2D eigenvalue weighted by Gasteiger charge is -2.22. The molecule has 1 aromatic heterocycles. The first kappa shape index (κ1) is 30.8. The number of hydrogen-bond donors (Lipinski definition) is 1. The Morgan fingerprint density at radius 3 is 1.83 bits per heavy atom. The molecule has 0 saturated heterocycles. The number of benzene rings is 4. The average Bonchev–Trinajstić information content (AvgIpc) is 3.40. The highest BCUT2D eigenvalue weighted by Gasteiger charge is 2.32. The number of aromatic nitrogens is 1. The molecule has 0 amide bonds. The molecule has 0 saturated carbocycles. The third kappa shape index (κ3) is 6.15. The van der Waals surface area contributed by atoms with Gasteiger partial charge in [-0.25, -0.2) is 0 Å². The SMILES string of the molecule is N#CC1=C(N)n2c(sc(=Cc3ccc(OCc4ccccc4Cl)cc3)c2=O)=C(C#N)C1c1ccc(OCc2ccccc2Cl)cc1. The topological polar surface area (TPSA) is 114 Å². The summed E-state index contributed by atoms with van der Waals surface area (Å²) < 4.78 is 13.8. The molecule has 6 rings (SSSR count). The van der Waals surface area contributed by atoms with Gasteiger partial charge < -0.3 is 15.2 Å². The maximum atomic E-state index is 13.5. The third-order valence-corrected chi connectivity index (χ3v) is 9.33. The largest absolute Gasteiger partial charge is 0.489 e. The van der Waals surface area contributed by atoms with Crippen LogP contribution in [0.2, 0.25) is 10.0 Å². The van der Waals surface area contributed by atoms with Crippen molar-refractivity contribution in [1.82, 2.24) is 4.57 Å². The van der Waals surface area contributed by atoms with Crippen LogP contribution in [0, 0.1) is 22.7 Å². The second-order valence-corrected chi connectivity index (χ2v) is 12.2. The summed E-state index contributed by atoms with van der Waals surface area (Å²) in [6, 6.07) is 33.7. The second-order valence-electron chi connectivity index (χ2n) is 10.3. The molecule has 0 fully saturated rings. The third-order valence-electron chi connectivity index (χ3n) is 7.48. The molecule has 1 unspecified atom stereocenters. The van der Waals surface area contributed by atoms with Gasteiger partial charge in [0, 0.05) is 21.2 Å². The van der Waals surface area contributed by atoms with Crippen LogP contribution in [0.3, 0.4) is 0 Å². The van der Waals surface area contributed by atoms with Gasteiger partial charge in [-0.15, -0.1) is 11.3 Å². The van der Waals surface area contributed by atoms with Gasteiger partial charge in [-0.1, -0.05) is 83.9 Å². The first-order valence-corrected chi connectivity index (χ1v) is 15.7. The van der Waals surface area contributed by atoms with Gasteiger partial charge in [-0.2, -0.15) is 10.5 Å². The average molecular weight is 664 g/mol. The Morgan fingerprint density at radius 2 is 1.30 bits per heavy atom. The number of hydrogen-bond acceptors (Lipinski definition) is 7. The summed E-state index contributed by atoms with van der Waals surface area (Å²) in [5.41, 5.74) is 9.59. The standard InChI is InChI=1S/C36H24Cl2N4O3S/c37-30-7-3-1-5-24(30)20-44-26-13-9-22(10-14-26)17-32-35(43)42-34(41)28(18-39)33(29(19-40)36(42)46-32)23-11-15-27(16-12-23)45-21-25-6-2-4-8-31(25)38/h1-17,33H,20-21,41H2. The lowest BCUT2D eigenvalue weighted by molar-refractivity contribution is 0.306. The number of ether oxygens (including phenoxy) is 2. The monoisotopic (exact) mass is 662 g/mol. The van der Waals surface area contributed by atoms with E-state index in [9.17, 15) is 15.3 Å². The van der Waals surface area contributed by atoms with E-state index in [0.717, 1.165) is 28.0 Å². The molecule has 0 aliphatic carbocycles. The number of fused-ring (bicyclic) bond motifs is 1. The van der Waals surface area contributed by atoms with Gasteiger partial charge in [0.05, 0.1) is 33.7 Å². The fourth-order valence-corrected chi connectivity index (χ4v) is 6.61. The molecule has 5 aromatic rings. The van der Waals surface area contributed by atoms with E-state index >= 15 is 0 Å². The first-order chi connectivity index (χ1) is 22.4. The fraction of sp³-hybridized carbons (Fsp3) is 0.0833. The Hall–Kier alpha value is -5.25. The minimum absolute atomic E-state index is 0.00441. The number of halogens is 2. The highest BCUT2D eigenvalue weighted by atomic mass is 35.5. The van der Waals surface area contributed by atoms with Gasteiger partial charge in [0.15, 0.2) is 0 Å². The Balaban J connectivity index is 1.29. The van der Waals surface area contributed by atoms with Crippen LogP contribution in [0.15, 0.2) is 107 Å². The highest BCUT2D eigenvalue weighted by Crippen LogP contribution is 2.36. The zero-order valence-corrected chi connectivity index (χ0v) is 26.4. The molecule has 0 spiro atoms. The maximum absolute atomic E-state index is 13.5. The van der Waals surface area contributed by atoms with Crippen molar-refractivity contribution < 1.29 is 9.47 Å². The smallest absolute Gasteiger partial charge is 0.274 e. The molecule has 2 N–H and O–H groups in total. The van der Waals surface area contributed by atoms with Gasteiger partial charge in [0.25, 0.3) is 5.56 Å². The lowest BCUT2D eigenvalue weighted by atomic mass is 9.84. The van der Waals surface area contributed by atoms with Crippen LogP contribution in [-0.2, 0) is 13.2 Å². The van der Waals surface area contributed by atoms with E-state index in [-0.39, 0.29) is 23.6 Å². The number of thiazole rings is 1. The molecule has 1 aliphatic heterocycles. The van der Waals surface area contributed by atoms with Crippen molar-refractivity contribution >= 4 is 52.0 Å². The van der Waals surface area contributed by atoms with E-state index in [0.29, 0.717) is 42.9 Å². The minimum atomic E-state index is -0.743. The number of rotatable bonds is 8. The van der Waals surface area contributed by atoms with Crippen LogP contribution < -0.4 is 30.0 Å². The summed E-state index contributed by atoms with van der Waals surface area (Å²) in [6.45, 7) is 0.605. The highest BCUT2D eigenvalue weighted by molar-refractivity contribution is 7.07. The van der Waals surface area contributed by atoms with Crippen LogP contribution >= 0.6 is 34.5 Å². The molecule has 0 bridgehead atoms. The van der Waals surface area contributed by atoms with Crippen molar-refractivity contribution in [2.24, 2.45) is 5.73 Å². The van der Waals surface area contributed by atoms with E-state index < -0.39 is 11.5 Å². The Kier molecular flexibility index (Phi) is 8.96. The molecule has 4 aromatic carbocycles. The van der Waals surface area contributed by atoms with E-state index in [1.165, 1.54) is 4.57 Å². The Morgan fingerprint density at radius 1 is 0.783 bits per heavy atom. The second kappa shape index (κ2) is 13.4. The van der Waals surface area contributed by atoms with Gasteiger partial charge in [0.1, 0.15) is 35.2 Å². The van der Waals surface area contributed by atoms with Crippen LogP contribution in [0.4, 0.5) is 0 Å². The van der Waals surface area contributed by atoms with Crippen molar-refractivity contribution in [1.29, 1.82) is 10.5 Å². The Labute approximate surface area is 278 Å². The fourth-order valence-electron chi connectivity index (χ4n) is 5.11. The molecule has 1 aliphatic rings. The van der Waals surface area contributed by atoms with Crippen LogP contribution in [-0.4, -0.2) is 4.57 Å². The predicted molar refractivity (Wildman–Crippen MR) is 181 cm³/mol. The van der Waals surface area contributed by atoms with E-state index in [1.807, 2.05) is 54.6 Å². The molecule has 46 heavy (non-hydrogen) atoms. The minimum Gasteiger partial charge on any atom is -0.489 e. The van der Waals surface area contributed by atoms with E-state index in [4.69, 9.17) is 38.4 Å². The van der Waals surface area contributed by atoms with Crippen LogP contribution in [0.25, 0.3) is 17.5 Å². The molecule has 7 nitrogen and oxygen atoms in total. The number of nitrogens with two attached hydrogens (primary N) is 1. The molecule has 2 heterocycles. The van der Waals surface area contributed by atoms with Crippen molar-refractivity contribution in [2.45, 2.75) is 19.1 Å². The van der Waals surface area contributed by atoms with Gasteiger partial charge in [0.2, 0.25) is 0 Å². The normalized spacial score (nSPS) is 14.4. The van der Waals surface area contributed by atoms with Crippen molar-refractivity contribution in [3.05, 3.63) is 154 Å². The number of allylic oxidation sites excluding steroid dienone is 1. The Bertz CT molecular complexity index is 2240. The van der Waals surface area contributed by atoms with Crippen molar-refractivity contribution in [3.8, 4) is 23.6 Å². The summed E-state index contributed by atoms with van der Waals surface area (Å²) in [6.07, 6.45) is 1.73. The molecular formula is C36H24Cl2N4O3S. The van der Waals surface area contributed by atoms with Crippen LogP contribution in [0.5, 0.6) is 11.5 Å². The number of nitriles is 2. The molecular weight excluding hydrogens is 639 g/mol. The predicted octanol–water partition coefficient (Wildman–Crippen LogP) is 6.33. The summed E-state index contributed by atoms with van der Waals surface area (Å²) in [4.78, 5) is 13.5. The van der Waals surface area contributed by atoms with E-state index in [1.54, 1.807) is 48.5 Å². The molecule has 10 heteroatoms.